The average Bonchev–Trinajstić information content (AvgIpc) is 2.72. The van der Waals surface area contributed by atoms with E-state index in [1.807, 2.05) is 31.1 Å². The number of piperidine rings is 1. The number of anilines is 1. The number of likely N-dealkylation sites (tertiary alicyclic amines) is 1. The monoisotopic (exact) mass is 405 g/mol. The van der Waals surface area contributed by atoms with Crippen molar-refractivity contribution in [2.45, 2.75) is 18.9 Å². The molecular weight excluding hydrogens is 383 g/mol. The van der Waals surface area contributed by atoms with Crippen LogP contribution in [-0.2, 0) is 0 Å². The molecular formula is C21H22F3N3O2. The molecule has 2 aromatic rings. The summed E-state index contributed by atoms with van der Waals surface area (Å²) in [6, 6.07) is 8.65. The molecule has 8 heteroatoms. The van der Waals surface area contributed by atoms with Crippen molar-refractivity contribution in [2.24, 2.45) is 0 Å². The van der Waals surface area contributed by atoms with Crippen LogP contribution in [-0.4, -0.2) is 49.9 Å². The van der Waals surface area contributed by atoms with Crippen LogP contribution < -0.4 is 10.2 Å². The van der Waals surface area contributed by atoms with Gasteiger partial charge < -0.3 is 15.1 Å². The van der Waals surface area contributed by atoms with Gasteiger partial charge in [0.05, 0.1) is 5.56 Å². The van der Waals surface area contributed by atoms with Gasteiger partial charge in [-0.15, -0.1) is 0 Å². The molecule has 0 aromatic heterocycles. The Labute approximate surface area is 167 Å². The first-order valence-electron chi connectivity index (χ1n) is 9.29. The van der Waals surface area contributed by atoms with Crippen LogP contribution in [0.2, 0.25) is 0 Å². The molecule has 0 radical (unpaired) electrons. The Morgan fingerprint density at radius 1 is 0.966 bits per heavy atom. The number of hydrogen-bond donors (Lipinski definition) is 1. The van der Waals surface area contributed by atoms with Gasteiger partial charge in [0.1, 0.15) is 0 Å². The highest BCUT2D eigenvalue weighted by Gasteiger charge is 2.26. The minimum atomic E-state index is -1.67. The zero-order valence-electron chi connectivity index (χ0n) is 16.2. The van der Waals surface area contributed by atoms with E-state index in [0.717, 1.165) is 17.8 Å². The van der Waals surface area contributed by atoms with Crippen molar-refractivity contribution >= 4 is 17.5 Å². The second-order valence-corrected chi connectivity index (χ2v) is 7.20. The van der Waals surface area contributed by atoms with Crippen LogP contribution in [0.4, 0.5) is 18.9 Å². The molecule has 1 aliphatic heterocycles. The van der Waals surface area contributed by atoms with Crippen LogP contribution in [0.5, 0.6) is 0 Å². The third kappa shape index (κ3) is 4.52. The SMILES string of the molecule is CN(C)c1ccc(C(=O)N2CCC(NC(=O)c3ccc(F)c(F)c3F)CC2)cc1. The number of nitrogens with zero attached hydrogens (tertiary/aromatic N) is 2. The van der Waals surface area contributed by atoms with Crippen molar-refractivity contribution < 1.29 is 22.8 Å². The van der Waals surface area contributed by atoms with Gasteiger partial charge in [-0.2, -0.15) is 0 Å². The number of halogens is 3. The maximum absolute atomic E-state index is 13.8. The Morgan fingerprint density at radius 2 is 1.59 bits per heavy atom. The molecule has 0 unspecified atom stereocenters. The summed E-state index contributed by atoms with van der Waals surface area (Å²) < 4.78 is 40.1. The van der Waals surface area contributed by atoms with Gasteiger partial charge >= 0.3 is 0 Å². The van der Waals surface area contributed by atoms with Crippen molar-refractivity contribution in [1.29, 1.82) is 0 Å². The minimum Gasteiger partial charge on any atom is -0.378 e. The average molecular weight is 405 g/mol. The molecule has 0 bridgehead atoms. The topological polar surface area (TPSA) is 52.7 Å². The van der Waals surface area contributed by atoms with E-state index in [4.69, 9.17) is 0 Å². The number of amides is 2. The standard InChI is InChI=1S/C21H22F3N3O2/c1-26(2)15-5-3-13(4-6-15)21(29)27-11-9-14(10-12-27)25-20(28)16-7-8-17(22)19(24)18(16)23/h3-8,14H,9-12H2,1-2H3,(H,25,28). The highest BCUT2D eigenvalue weighted by atomic mass is 19.2. The molecule has 154 valence electrons. The molecule has 29 heavy (non-hydrogen) atoms. The van der Waals surface area contributed by atoms with E-state index in [2.05, 4.69) is 5.32 Å². The summed E-state index contributed by atoms with van der Waals surface area (Å²) in [5, 5.41) is 2.63. The van der Waals surface area contributed by atoms with E-state index in [9.17, 15) is 22.8 Å². The smallest absolute Gasteiger partial charge is 0.254 e. The number of benzene rings is 2. The first-order valence-corrected chi connectivity index (χ1v) is 9.29. The van der Waals surface area contributed by atoms with E-state index in [-0.39, 0.29) is 11.9 Å². The Bertz CT molecular complexity index is 908. The molecule has 2 aromatic carbocycles. The van der Waals surface area contributed by atoms with E-state index in [0.29, 0.717) is 31.5 Å². The fourth-order valence-corrected chi connectivity index (χ4v) is 3.28. The number of nitrogens with one attached hydrogen (secondary N) is 1. The van der Waals surface area contributed by atoms with E-state index >= 15 is 0 Å². The van der Waals surface area contributed by atoms with Crippen LogP contribution >= 0.6 is 0 Å². The quantitative estimate of drug-likeness (QED) is 0.795. The molecule has 1 heterocycles. The maximum atomic E-state index is 13.8. The number of carbonyl (C=O) groups is 2. The zero-order valence-corrected chi connectivity index (χ0v) is 16.2. The Hall–Kier alpha value is -3.03. The van der Waals surface area contributed by atoms with Gasteiger partial charge in [0.2, 0.25) is 0 Å². The van der Waals surface area contributed by atoms with Crippen LogP contribution in [0.15, 0.2) is 36.4 Å². The fraction of sp³-hybridized carbons (Fsp3) is 0.333. The van der Waals surface area contributed by atoms with Gasteiger partial charge in [-0.05, 0) is 49.2 Å². The van der Waals surface area contributed by atoms with Crippen molar-refractivity contribution in [3.63, 3.8) is 0 Å². The van der Waals surface area contributed by atoms with Crippen LogP contribution in [0.3, 0.4) is 0 Å². The lowest BCUT2D eigenvalue weighted by Gasteiger charge is -2.32. The van der Waals surface area contributed by atoms with E-state index in [1.165, 1.54) is 0 Å². The molecule has 1 aliphatic rings. The third-order valence-corrected chi connectivity index (χ3v) is 5.03. The molecule has 1 fully saturated rings. The summed E-state index contributed by atoms with van der Waals surface area (Å²) in [5.41, 5.74) is 1.04. The zero-order chi connectivity index (χ0) is 21.1. The van der Waals surface area contributed by atoms with Gasteiger partial charge in [0, 0.05) is 44.5 Å². The van der Waals surface area contributed by atoms with E-state index in [1.54, 1.807) is 17.0 Å². The Kier molecular flexibility index (Phi) is 6.10. The van der Waals surface area contributed by atoms with Gasteiger partial charge in [-0.3, -0.25) is 9.59 Å². The molecule has 1 N–H and O–H groups in total. The summed E-state index contributed by atoms with van der Waals surface area (Å²) in [6.45, 7) is 0.860. The molecule has 3 rings (SSSR count). The van der Waals surface area contributed by atoms with Crippen LogP contribution in [0, 0.1) is 17.5 Å². The number of rotatable bonds is 4. The molecule has 5 nitrogen and oxygen atoms in total. The van der Waals surface area contributed by atoms with Crippen LogP contribution in [0.1, 0.15) is 33.6 Å². The third-order valence-electron chi connectivity index (χ3n) is 5.03. The second kappa shape index (κ2) is 8.55. The highest BCUT2D eigenvalue weighted by Crippen LogP contribution is 2.19. The minimum absolute atomic E-state index is 0.0910. The highest BCUT2D eigenvalue weighted by molar-refractivity contribution is 5.95. The van der Waals surface area contributed by atoms with Gasteiger partial charge in [-0.1, -0.05) is 0 Å². The molecule has 0 aliphatic carbocycles. The van der Waals surface area contributed by atoms with Gasteiger partial charge in [0.25, 0.3) is 11.8 Å². The summed E-state index contributed by atoms with van der Waals surface area (Å²) in [4.78, 5) is 28.5. The number of carbonyl (C=O) groups excluding carboxylic acids is 2. The van der Waals surface area contributed by atoms with E-state index < -0.39 is 28.9 Å². The Balaban J connectivity index is 1.57. The molecule has 0 spiro atoms. The van der Waals surface area contributed by atoms with Crippen molar-refractivity contribution in [3.05, 3.63) is 65.0 Å². The largest absolute Gasteiger partial charge is 0.378 e. The van der Waals surface area contributed by atoms with Crippen LogP contribution in [0.25, 0.3) is 0 Å². The van der Waals surface area contributed by atoms with Crippen molar-refractivity contribution in [3.8, 4) is 0 Å². The number of hydrogen-bond acceptors (Lipinski definition) is 3. The second-order valence-electron chi connectivity index (χ2n) is 7.20. The van der Waals surface area contributed by atoms with Crippen molar-refractivity contribution in [2.75, 3.05) is 32.1 Å². The lowest BCUT2D eigenvalue weighted by molar-refractivity contribution is 0.0698. The first-order chi connectivity index (χ1) is 13.8. The lowest BCUT2D eigenvalue weighted by Crippen LogP contribution is -2.46. The summed E-state index contributed by atoms with van der Waals surface area (Å²) >= 11 is 0. The predicted octanol–water partition coefficient (Wildman–Crippen LogP) is 3.20. The first kappa shape index (κ1) is 20.7. The Morgan fingerprint density at radius 3 is 2.17 bits per heavy atom. The summed E-state index contributed by atoms with van der Waals surface area (Å²) in [7, 11) is 3.84. The van der Waals surface area contributed by atoms with Gasteiger partial charge in [-0.25, -0.2) is 13.2 Å². The fourth-order valence-electron chi connectivity index (χ4n) is 3.28. The molecule has 0 saturated carbocycles. The maximum Gasteiger partial charge on any atom is 0.254 e. The molecule has 1 saturated heterocycles. The van der Waals surface area contributed by atoms with Gasteiger partial charge in [0.15, 0.2) is 17.5 Å². The van der Waals surface area contributed by atoms with Crippen molar-refractivity contribution in [1.82, 2.24) is 10.2 Å². The normalized spacial score (nSPS) is 14.6. The summed E-state index contributed by atoms with van der Waals surface area (Å²) in [5.74, 6) is -5.41. The molecule has 2 amide bonds. The lowest BCUT2D eigenvalue weighted by atomic mass is 10.0. The predicted molar refractivity (Wildman–Crippen MR) is 103 cm³/mol. The molecule has 0 atom stereocenters. The summed E-state index contributed by atoms with van der Waals surface area (Å²) in [6.07, 6.45) is 0.969.